The summed E-state index contributed by atoms with van der Waals surface area (Å²) in [6.45, 7) is 10.5. The van der Waals surface area contributed by atoms with Crippen LogP contribution in [0.25, 0.3) is 0 Å². The SMILES string of the molecule is CC(C)Cc1ccc(C(C)c2nn(CN3CCOCC3)c(=S)n2/N=C/c2ccc(Cl)cc2)cc1. The fourth-order valence-electron chi connectivity index (χ4n) is 4.05. The van der Waals surface area contributed by atoms with Gasteiger partial charge in [0, 0.05) is 24.0 Å². The summed E-state index contributed by atoms with van der Waals surface area (Å²) in [7, 11) is 0. The molecule has 0 radical (unpaired) electrons. The maximum absolute atomic E-state index is 6.03. The minimum atomic E-state index is 0.0307. The van der Waals surface area contributed by atoms with Crippen molar-refractivity contribution >= 4 is 30.0 Å². The van der Waals surface area contributed by atoms with Crippen LogP contribution in [0.15, 0.2) is 53.6 Å². The third-order valence-corrected chi connectivity index (χ3v) is 6.62. The van der Waals surface area contributed by atoms with Crippen LogP contribution in [-0.2, 0) is 17.8 Å². The number of aromatic nitrogens is 3. The summed E-state index contributed by atoms with van der Waals surface area (Å²) >= 11 is 11.9. The Morgan fingerprint density at radius 1 is 1.06 bits per heavy atom. The standard InChI is InChI=1S/C26H32ClN5OS/c1-19(2)16-21-4-8-23(9-5-21)20(3)25-29-31(18-30-12-14-33-15-13-30)26(34)32(25)28-17-22-6-10-24(27)11-7-22/h4-11,17,19-20H,12-16,18H2,1-3H3/b28-17+. The molecule has 6 nitrogen and oxygen atoms in total. The molecule has 1 unspecified atom stereocenters. The molecular formula is C26H32ClN5OS. The number of ether oxygens (including phenoxy) is 1. The van der Waals surface area contributed by atoms with Gasteiger partial charge in [-0.05, 0) is 53.4 Å². The summed E-state index contributed by atoms with van der Waals surface area (Å²) in [6, 6.07) is 16.4. The molecule has 1 aromatic heterocycles. The molecule has 1 aliphatic heterocycles. The van der Waals surface area contributed by atoms with Crippen LogP contribution in [0.3, 0.4) is 0 Å². The molecule has 0 amide bonds. The minimum Gasteiger partial charge on any atom is -0.379 e. The molecular weight excluding hydrogens is 466 g/mol. The summed E-state index contributed by atoms with van der Waals surface area (Å²) in [5.74, 6) is 1.48. The highest BCUT2D eigenvalue weighted by atomic mass is 35.5. The lowest BCUT2D eigenvalue weighted by molar-refractivity contribution is 0.0209. The van der Waals surface area contributed by atoms with Crippen molar-refractivity contribution in [2.75, 3.05) is 26.3 Å². The summed E-state index contributed by atoms with van der Waals surface area (Å²) in [5.41, 5.74) is 3.49. The first-order chi connectivity index (χ1) is 16.4. The number of benzene rings is 2. The summed E-state index contributed by atoms with van der Waals surface area (Å²) in [6.07, 6.45) is 2.87. The number of rotatable bonds is 8. The first-order valence-corrected chi connectivity index (χ1v) is 12.6. The van der Waals surface area contributed by atoms with E-state index >= 15 is 0 Å². The average molecular weight is 498 g/mol. The van der Waals surface area contributed by atoms with Crippen molar-refractivity contribution in [1.82, 2.24) is 19.4 Å². The van der Waals surface area contributed by atoms with E-state index in [1.165, 1.54) is 11.1 Å². The molecule has 2 aromatic carbocycles. The van der Waals surface area contributed by atoms with Gasteiger partial charge < -0.3 is 4.74 Å². The van der Waals surface area contributed by atoms with Crippen LogP contribution in [0.5, 0.6) is 0 Å². The van der Waals surface area contributed by atoms with E-state index in [1.54, 1.807) is 10.9 Å². The Morgan fingerprint density at radius 2 is 1.74 bits per heavy atom. The van der Waals surface area contributed by atoms with Gasteiger partial charge >= 0.3 is 0 Å². The van der Waals surface area contributed by atoms with E-state index in [9.17, 15) is 0 Å². The van der Waals surface area contributed by atoms with Gasteiger partial charge in [0.1, 0.15) is 0 Å². The van der Waals surface area contributed by atoms with E-state index in [-0.39, 0.29) is 5.92 Å². The van der Waals surface area contributed by atoms with Crippen LogP contribution in [0, 0.1) is 10.7 Å². The van der Waals surface area contributed by atoms with Gasteiger partial charge in [0.15, 0.2) is 5.82 Å². The van der Waals surface area contributed by atoms with Gasteiger partial charge in [-0.1, -0.05) is 68.8 Å². The molecule has 1 saturated heterocycles. The van der Waals surface area contributed by atoms with E-state index in [4.69, 9.17) is 38.8 Å². The molecule has 1 fully saturated rings. The Morgan fingerprint density at radius 3 is 2.38 bits per heavy atom. The topological polar surface area (TPSA) is 47.6 Å². The molecule has 180 valence electrons. The molecule has 4 rings (SSSR count). The van der Waals surface area contributed by atoms with Crippen LogP contribution in [0.4, 0.5) is 0 Å². The molecule has 34 heavy (non-hydrogen) atoms. The largest absolute Gasteiger partial charge is 0.379 e. The zero-order valence-electron chi connectivity index (χ0n) is 20.0. The van der Waals surface area contributed by atoms with Crippen molar-refractivity contribution in [3.8, 4) is 0 Å². The Labute approximate surface area is 211 Å². The summed E-state index contributed by atoms with van der Waals surface area (Å²) in [5, 5.41) is 10.4. The number of halogens is 1. The van der Waals surface area contributed by atoms with Crippen molar-refractivity contribution in [3.05, 3.63) is 80.8 Å². The van der Waals surface area contributed by atoms with Gasteiger partial charge in [0.2, 0.25) is 4.77 Å². The fourth-order valence-corrected chi connectivity index (χ4v) is 4.42. The molecule has 0 N–H and O–H groups in total. The summed E-state index contributed by atoms with van der Waals surface area (Å²) < 4.78 is 9.73. The Hall–Kier alpha value is -2.32. The van der Waals surface area contributed by atoms with E-state index in [0.29, 0.717) is 22.4 Å². The molecule has 1 atom stereocenters. The zero-order valence-corrected chi connectivity index (χ0v) is 21.6. The number of hydrogen-bond acceptors (Lipinski definition) is 5. The molecule has 1 aliphatic rings. The van der Waals surface area contributed by atoms with Crippen LogP contribution < -0.4 is 0 Å². The Kier molecular flexibility index (Phi) is 8.32. The first-order valence-electron chi connectivity index (χ1n) is 11.8. The maximum atomic E-state index is 6.03. The van der Waals surface area contributed by atoms with Crippen molar-refractivity contribution in [3.63, 3.8) is 0 Å². The van der Waals surface area contributed by atoms with Crippen LogP contribution in [0.1, 0.15) is 49.2 Å². The van der Waals surface area contributed by atoms with E-state index in [1.807, 2.05) is 28.9 Å². The lowest BCUT2D eigenvalue weighted by atomic mass is 9.96. The highest BCUT2D eigenvalue weighted by molar-refractivity contribution is 7.71. The van der Waals surface area contributed by atoms with Gasteiger partial charge in [-0.15, -0.1) is 0 Å². The summed E-state index contributed by atoms with van der Waals surface area (Å²) in [4.78, 5) is 2.30. The van der Waals surface area contributed by atoms with E-state index in [0.717, 1.165) is 44.1 Å². The number of morpholine rings is 1. The fraction of sp³-hybridized carbons (Fsp3) is 0.423. The Bertz CT molecular complexity index is 1160. The van der Waals surface area contributed by atoms with Crippen molar-refractivity contribution in [2.45, 2.75) is 39.8 Å². The van der Waals surface area contributed by atoms with Gasteiger partial charge in [-0.25, -0.2) is 4.68 Å². The molecule has 8 heteroatoms. The monoisotopic (exact) mass is 497 g/mol. The van der Waals surface area contributed by atoms with Crippen LogP contribution in [-0.4, -0.2) is 51.9 Å². The predicted octanol–water partition coefficient (Wildman–Crippen LogP) is 5.59. The molecule has 3 aromatic rings. The third-order valence-electron chi connectivity index (χ3n) is 5.98. The highest BCUT2D eigenvalue weighted by Gasteiger charge is 2.20. The number of nitrogens with zero attached hydrogens (tertiary/aromatic N) is 5. The first kappa shape index (κ1) is 24.8. The zero-order chi connectivity index (χ0) is 24.1. The predicted molar refractivity (Wildman–Crippen MR) is 140 cm³/mol. The van der Waals surface area contributed by atoms with E-state index in [2.05, 4.69) is 49.9 Å². The van der Waals surface area contributed by atoms with Gasteiger partial charge in [0.25, 0.3) is 0 Å². The normalized spacial score (nSPS) is 15.9. The van der Waals surface area contributed by atoms with Gasteiger partial charge in [-0.2, -0.15) is 14.9 Å². The number of hydrogen-bond donors (Lipinski definition) is 0. The lowest BCUT2D eigenvalue weighted by Gasteiger charge is -2.26. The quantitative estimate of drug-likeness (QED) is 0.300. The molecule has 0 spiro atoms. The van der Waals surface area contributed by atoms with Gasteiger partial charge in [0.05, 0.1) is 26.1 Å². The second-order valence-corrected chi connectivity index (χ2v) is 9.98. The maximum Gasteiger partial charge on any atom is 0.220 e. The average Bonchev–Trinajstić information content (AvgIpc) is 3.14. The van der Waals surface area contributed by atoms with Crippen molar-refractivity contribution in [2.24, 2.45) is 11.0 Å². The molecule has 0 aliphatic carbocycles. The molecule has 0 saturated carbocycles. The van der Waals surface area contributed by atoms with Crippen LogP contribution in [0.2, 0.25) is 5.02 Å². The third kappa shape index (κ3) is 6.21. The smallest absolute Gasteiger partial charge is 0.220 e. The Balaban J connectivity index is 1.66. The molecule has 0 bridgehead atoms. The lowest BCUT2D eigenvalue weighted by Crippen LogP contribution is -2.37. The highest BCUT2D eigenvalue weighted by Crippen LogP contribution is 2.25. The minimum absolute atomic E-state index is 0.0307. The van der Waals surface area contributed by atoms with Crippen molar-refractivity contribution < 1.29 is 4.74 Å². The van der Waals surface area contributed by atoms with Crippen molar-refractivity contribution in [1.29, 1.82) is 0 Å². The molecule has 2 heterocycles. The second-order valence-electron chi connectivity index (χ2n) is 9.18. The second kappa shape index (κ2) is 11.4. The van der Waals surface area contributed by atoms with E-state index < -0.39 is 0 Å². The van der Waals surface area contributed by atoms with Crippen LogP contribution >= 0.6 is 23.8 Å². The van der Waals surface area contributed by atoms with Gasteiger partial charge in [-0.3, -0.25) is 4.90 Å².